The van der Waals surface area contributed by atoms with Crippen LogP contribution in [0.3, 0.4) is 0 Å². The van der Waals surface area contributed by atoms with Gasteiger partial charge in [0.15, 0.2) is 17.3 Å². The third kappa shape index (κ3) is 9.19. The Bertz CT molecular complexity index is 2220. The van der Waals surface area contributed by atoms with Gasteiger partial charge in [-0.1, -0.05) is 50.6 Å². The lowest BCUT2D eigenvalue weighted by Crippen LogP contribution is -2.48. The normalized spacial score (nSPS) is 18.5. The van der Waals surface area contributed by atoms with Crippen LogP contribution in [0.4, 0.5) is 36.8 Å². The monoisotopic (exact) mass is 845 g/mol. The molecular formula is C35H38ClF6N9O5S. The molecule has 0 unspecified atom stereocenters. The van der Waals surface area contributed by atoms with Crippen LogP contribution >= 0.6 is 11.6 Å². The third-order valence-electron chi connectivity index (χ3n) is 8.92. The van der Waals surface area contributed by atoms with Crippen LogP contribution in [0.2, 0.25) is 5.02 Å². The number of alkyl halides is 5. The Morgan fingerprint density at radius 2 is 1.88 bits per heavy atom. The molecule has 1 saturated carbocycles. The van der Waals surface area contributed by atoms with Gasteiger partial charge in [-0.3, -0.25) is 14.7 Å². The third-order valence-corrected chi connectivity index (χ3v) is 11.3. The highest BCUT2D eigenvalue weighted by molar-refractivity contribution is 7.90. The van der Waals surface area contributed by atoms with Crippen LogP contribution in [-0.2, 0) is 25.1 Å². The Balaban J connectivity index is 1.59. The number of ether oxygens (including phenoxy) is 1. The Hall–Kier alpha value is -5.18. The van der Waals surface area contributed by atoms with Gasteiger partial charge in [-0.15, -0.1) is 0 Å². The second kappa shape index (κ2) is 16.0. The summed E-state index contributed by atoms with van der Waals surface area (Å²) in [4.78, 5) is 36.4. The molecule has 2 aliphatic rings. The molecule has 1 aromatic heterocycles. The van der Waals surface area contributed by atoms with Crippen molar-refractivity contribution in [2.45, 2.75) is 69.5 Å². The number of amides is 2. The largest absolute Gasteiger partial charge is 0.447 e. The molecule has 1 fully saturated rings. The highest BCUT2D eigenvalue weighted by Gasteiger charge is 2.53. The van der Waals surface area contributed by atoms with Gasteiger partial charge in [-0.2, -0.15) is 27.5 Å². The first-order valence-electron chi connectivity index (χ1n) is 17.1. The van der Waals surface area contributed by atoms with Crippen LogP contribution in [0.5, 0.6) is 0 Å². The lowest BCUT2D eigenvalue weighted by molar-refractivity contribution is -0.135. The molecule has 0 spiro atoms. The van der Waals surface area contributed by atoms with E-state index in [2.05, 4.69) is 26.9 Å². The summed E-state index contributed by atoms with van der Waals surface area (Å²) >= 11 is 6.39. The molecule has 2 heterocycles. The van der Waals surface area contributed by atoms with Crippen molar-refractivity contribution < 1.29 is 49.1 Å². The van der Waals surface area contributed by atoms with Gasteiger partial charge in [0.25, 0.3) is 22.4 Å². The van der Waals surface area contributed by atoms with E-state index >= 15 is 4.39 Å². The van der Waals surface area contributed by atoms with Gasteiger partial charge in [-0.25, -0.2) is 36.4 Å². The van der Waals surface area contributed by atoms with Gasteiger partial charge in [-0.05, 0) is 54.0 Å². The summed E-state index contributed by atoms with van der Waals surface area (Å²) in [7, 11) is -2.68. The van der Waals surface area contributed by atoms with Crippen molar-refractivity contribution in [3.63, 3.8) is 0 Å². The molecule has 308 valence electrons. The van der Waals surface area contributed by atoms with Crippen molar-refractivity contribution in [1.82, 2.24) is 19.4 Å². The number of hydrogen-bond donors (Lipinski definition) is 2. The maximum atomic E-state index is 16.1. The molecule has 0 bridgehead atoms. The number of anilines is 1. The first-order valence-corrected chi connectivity index (χ1v) is 19.0. The zero-order valence-electron chi connectivity index (χ0n) is 30.9. The summed E-state index contributed by atoms with van der Waals surface area (Å²) in [6.07, 6.45) is -6.20. The summed E-state index contributed by atoms with van der Waals surface area (Å²) in [6.45, 7) is 6.05. The fraction of sp³-hybridized carbons (Fsp3) is 0.429. The molecular weight excluding hydrogens is 808 g/mol. The maximum absolute atomic E-state index is 16.1. The number of hydrazone groups is 1. The first kappa shape index (κ1) is 43.0. The number of aliphatic imine (C=N–C) groups is 2. The van der Waals surface area contributed by atoms with Crippen LogP contribution in [-0.4, -0.2) is 91.1 Å². The fourth-order valence-electron chi connectivity index (χ4n) is 6.34. The number of hydrogen-bond acceptors (Lipinski definition) is 10. The van der Waals surface area contributed by atoms with Crippen LogP contribution in [0, 0.1) is 11.2 Å². The zero-order chi connectivity index (χ0) is 42.2. The van der Waals surface area contributed by atoms with E-state index in [4.69, 9.17) is 22.1 Å². The van der Waals surface area contributed by atoms with Crippen LogP contribution in [0.1, 0.15) is 57.2 Å². The van der Waals surface area contributed by atoms with Crippen molar-refractivity contribution in [2.75, 3.05) is 25.2 Å². The zero-order valence-corrected chi connectivity index (χ0v) is 32.5. The number of guanidine groups is 1. The standard InChI is InChI=1S/C35H38ClF6N9O5S/c1-33(2,3)17-34(21-7-10-23(25(37)13-21)20-14-47-49(15-20)57(54,55)22-8-9-22)30(52)50(31(43)48-34)27(16-56-32(53)46-18-35(40,41)42)19-6-11-24(36)26(12-19)51(45-5)29(44-4)28(38)39/h6-7,10-15,22,27-28H,5,8-9,16-18H2,1-4H3,(H2,43,48)(H,46,53)/t27-,34-/m1/s1. The molecule has 3 N–H and O–H groups in total. The molecule has 22 heteroatoms. The number of nitrogens with one attached hydrogen (secondary N) is 1. The van der Waals surface area contributed by atoms with Gasteiger partial charge in [0, 0.05) is 24.9 Å². The second-order valence-electron chi connectivity index (χ2n) is 14.4. The van der Waals surface area contributed by atoms with Crippen LogP contribution < -0.4 is 16.1 Å². The summed E-state index contributed by atoms with van der Waals surface area (Å²) in [6, 6.07) is 6.03. The number of aromatic nitrogens is 2. The lowest BCUT2D eigenvalue weighted by atomic mass is 9.75. The van der Waals surface area contributed by atoms with E-state index in [1.54, 1.807) is 26.1 Å². The Morgan fingerprint density at radius 1 is 1.19 bits per heavy atom. The minimum Gasteiger partial charge on any atom is -0.447 e. The minimum absolute atomic E-state index is 0.00846. The highest BCUT2D eigenvalue weighted by atomic mass is 35.5. The number of carbonyl (C=O) groups excluding carboxylic acids is 2. The number of benzene rings is 2. The van der Waals surface area contributed by atoms with E-state index in [-0.39, 0.29) is 39.4 Å². The van der Waals surface area contributed by atoms with E-state index in [0.29, 0.717) is 17.9 Å². The number of alkyl carbamates (subject to hydrolysis) is 1. The van der Waals surface area contributed by atoms with E-state index in [9.17, 15) is 40.0 Å². The molecule has 2 amide bonds. The van der Waals surface area contributed by atoms with E-state index in [0.717, 1.165) is 22.1 Å². The summed E-state index contributed by atoms with van der Waals surface area (Å²) < 4.78 is 114. The van der Waals surface area contributed by atoms with Gasteiger partial charge in [0.2, 0.25) is 0 Å². The first-order chi connectivity index (χ1) is 26.5. The summed E-state index contributed by atoms with van der Waals surface area (Å²) in [5.74, 6) is -3.07. The molecule has 3 aromatic rings. The fourth-order valence-corrected chi connectivity index (χ4v) is 8.01. The van der Waals surface area contributed by atoms with E-state index in [1.165, 1.54) is 42.7 Å². The molecule has 1 aliphatic heterocycles. The maximum Gasteiger partial charge on any atom is 0.407 e. The number of carbonyl (C=O) groups is 2. The second-order valence-corrected chi connectivity index (χ2v) is 16.9. The van der Waals surface area contributed by atoms with Crippen molar-refractivity contribution in [1.29, 1.82) is 0 Å². The average molecular weight is 846 g/mol. The quantitative estimate of drug-likeness (QED) is 0.0883. The SMILES string of the molecule is C=NN(C(=NC)C(F)F)c1cc([C@@H](COC(=O)NCC(F)(F)F)N2C(=O)[C@@](CC(C)(C)C)(c3ccc(-c4cnn(S(=O)(=O)C5CC5)c4)c(F)c3)N=C2N)ccc1Cl. The molecule has 1 aliphatic carbocycles. The van der Waals surface area contributed by atoms with Crippen LogP contribution in [0.25, 0.3) is 11.1 Å². The Labute approximate surface area is 328 Å². The number of nitrogens with two attached hydrogens (primary N) is 1. The predicted molar refractivity (Wildman–Crippen MR) is 200 cm³/mol. The molecule has 5 rings (SSSR count). The van der Waals surface area contributed by atoms with Gasteiger partial charge in [0.1, 0.15) is 19.0 Å². The average Bonchev–Trinajstić information content (AvgIpc) is 3.82. The topological polar surface area (TPSA) is 177 Å². The lowest BCUT2D eigenvalue weighted by Gasteiger charge is -2.35. The number of halogens is 7. The smallest absolute Gasteiger partial charge is 0.407 e. The van der Waals surface area contributed by atoms with Crippen molar-refractivity contribution in [2.24, 2.45) is 26.2 Å². The van der Waals surface area contributed by atoms with Gasteiger partial charge in [0.05, 0.1) is 34.4 Å². The van der Waals surface area contributed by atoms with E-state index in [1.807, 2.05) is 0 Å². The van der Waals surface area contributed by atoms with Gasteiger partial charge < -0.3 is 15.8 Å². The predicted octanol–water partition coefficient (Wildman–Crippen LogP) is 6.22. The highest BCUT2D eigenvalue weighted by Crippen LogP contribution is 2.46. The van der Waals surface area contributed by atoms with E-state index < -0.39 is 87.6 Å². The Kier molecular flexibility index (Phi) is 12.0. The molecule has 2 aromatic carbocycles. The summed E-state index contributed by atoms with van der Waals surface area (Å²) in [5.41, 5.74) is 3.73. The molecule has 14 nitrogen and oxygen atoms in total. The van der Waals surface area contributed by atoms with Crippen molar-refractivity contribution in [3.05, 3.63) is 70.8 Å². The van der Waals surface area contributed by atoms with Crippen LogP contribution in [0.15, 0.2) is 63.9 Å². The minimum atomic E-state index is -4.79. The number of rotatable bonds is 13. The Morgan fingerprint density at radius 3 is 2.44 bits per heavy atom. The van der Waals surface area contributed by atoms with Crippen molar-refractivity contribution in [3.8, 4) is 11.1 Å². The van der Waals surface area contributed by atoms with Crippen molar-refractivity contribution >= 4 is 57.8 Å². The molecule has 0 radical (unpaired) electrons. The summed E-state index contributed by atoms with van der Waals surface area (Å²) in [5, 5.41) is 9.00. The number of amidine groups is 1. The molecule has 57 heavy (non-hydrogen) atoms. The van der Waals surface area contributed by atoms with Gasteiger partial charge >= 0.3 is 12.3 Å². The number of nitrogens with zero attached hydrogens (tertiary/aromatic N) is 7. The molecule has 0 saturated heterocycles. The molecule has 2 atom stereocenters.